The van der Waals surface area contributed by atoms with Gasteiger partial charge in [0.1, 0.15) is 10.0 Å². The molecular weight excluding hydrogens is 202 g/mol. The molecule has 5 heteroatoms. The van der Waals surface area contributed by atoms with Gasteiger partial charge in [-0.15, -0.1) is 21.5 Å². The van der Waals surface area contributed by atoms with E-state index in [0.29, 0.717) is 12.5 Å². The maximum absolute atomic E-state index is 5.46. The van der Waals surface area contributed by atoms with Gasteiger partial charge in [0.2, 0.25) is 0 Å². The highest BCUT2D eigenvalue weighted by Gasteiger charge is 2.21. The van der Waals surface area contributed by atoms with E-state index in [2.05, 4.69) is 10.2 Å². The lowest BCUT2D eigenvalue weighted by Crippen LogP contribution is -2.01. The maximum Gasteiger partial charge on any atom is 0.121 e. The number of hydrogen-bond acceptors (Lipinski definition) is 5. The molecule has 1 saturated heterocycles. The van der Waals surface area contributed by atoms with Gasteiger partial charge in [0.15, 0.2) is 0 Å². The molecule has 1 aliphatic rings. The molecule has 2 rings (SSSR count). The number of nitrogens with zero attached hydrogens (tertiary/aromatic N) is 2. The van der Waals surface area contributed by atoms with Crippen molar-refractivity contribution in [2.75, 3.05) is 18.1 Å². The van der Waals surface area contributed by atoms with Crippen molar-refractivity contribution in [3.63, 3.8) is 0 Å². The van der Waals surface area contributed by atoms with E-state index in [1.54, 1.807) is 11.3 Å². The predicted octanol–water partition coefficient (Wildman–Crippen LogP) is 1.26. The van der Waals surface area contributed by atoms with Crippen LogP contribution in [0.3, 0.4) is 0 Å². The Hall–Kier alpha value is -0.130. The first-order valence-electron chi connectivity index (χ1n) is 4.50. The van der Waals surface area contributed by atoms with Gasteiger partial charge in [-0.2, -0.15) is 11.8 Å². The van der Waals surface area contributed by atoms with Crippen molar-refractivity contribution in [3.05, 3.63) is 10.0 Å². The lowest BCUT2D eigenvalue weighted by molar-refractivity contribution is 0.754. The third-order valence-corrected chi connectivity index (χ3v) is 4.43. The average Bonchev–Trinajstić information content (AvgIpc) is 2.70. The SMILES string of the molecule is NCCc1nnc(C2CCSC2)s1. The minimum Gasteiger partial charge on any atom is -0.330 e. The highest BCUT2D eigenvalue weighted by atomic mass is 32.2. The van der Waals surface area contributed by atoms with Crippen LogP contribution in [-0.2, 0) is 6.42 Å². The second-order valence-electron chi connectivity index (χ2n) is 3.13. The van der Waals surface area contributed by atoms with Gasteiger partial charge in [-0.05, 0) is 18.7 Å². The van der Waals surface area contributed by atoms with Crippen molar-refractivity contribution in [2.45, 2.75) is 18.8 Å². The standard InChI is InChI=1S/C8H13N3S2/c9-3-1-7-10-11-8(13-7)6-2-4-12-5-6/h6H,1-5,9H2. The molecular formula is C8H13N3S2. The Morgan fingerprint density at radius 3 is 3.08 bits per heavy atom. The predicted molar refractivity (Wildman–Crippen MR) is 57.4 cm³/mol. The second-order valence-corrected chi connectivity index (χ2v) is 5.38. The largest absolute Gasteiger partial charge is 0.330 e. The van der Waals surface area contributed by atoms with E-state index in [0.717, 1.165) is 11.4 Å². The van der Waals surface area contributed by atoms with Gasteiger partial charge >= 0.3 is 0 Å². The first-order valence-corrected chi connectivity index (χ1v) is 6.47. The van der Waals surface area contributed by atoms with E-state index >= 15 is 0 Å². The second kappa shape index (κ2) is 4.39. The summed E-state index contributed by atoms with van der Waals surface area (Å²) in [5.74, 6) is 3.15. The van der Waals surface area contributed by atoms with Crippen LogP contribution in [0.1, 0.15) is 22.4 Å². The molecule has 2 heterocycles. The maximum atomic E-state index is 5.46. The molecule has 0 saturated carbocycles. The minimum absolute atomic E-state index is 0.661. The summed E-state index contributed by atoms with van der Waals surface area (Å²) < 4.78 is 0. The van der Waals surface area contributed by atoms with Crippen molar-refractivity contribution in [1.29, 1.82) is 0 Å². The van der Waals surface area contributed by atoms with Gasteiger partial charge in [-0.3, -0.25) is 0 Å². The Morgan fingerprint density at radius 2 is 2.38 bits per heavy atom. The highest BCUT2D eigenvalue weighted by Crippen LogP contribution is 2.33. The van der Waals surface area contributed by atoms with Gasteiger partial charge in [-0.1, -0.05) is 0 Å². The molecule has 1 aliphatic heterocycles. The molecule has 0 radical (unpaired) electrons. The Labute approximate surface area is 86.1 Å². The molecule has 1 unspecified atom stereocenters. The molecule has 0 bridgehead atoms. The van der Waals surface area contributed by atoms with Crippen LogP contribution in [0.15, 0.2) is 0 Å². The van der Waals surface area contributed by atoms with Crippen LogP contribution in [0, 0.1) is 0 Å². The van der Waals surface area contributed by atoms with Crippen LogP contribution in [-0.4, -0.2) is 28.2 Å². The molecule has 0 amide bonds. The Kier molecular flexibility index (Phi) is 3.18. The normalized spacial score (nSPS) is 22.4. The molecule has 72 valence electrons. The molecule has 2 N–H and O–H groups in total. The summed E-state index contributed by atoms with van der Waals surface area (Å²) in [5.41, 5.74) is 5.46. The van der Waals surface area contributed by atoms with Crippen LogP contribution < -0.4 is 5.73 Å². The summed E-state index contributed by atoms with van der Waals surface area (Å²) >= 11 is 3.75. The smallest absolute Gasteiger partial charge is 0.121 e. The number of aromatic nitrogens is 2. The first-order chi connectivity index (χ1) is 6.40. The topological polar surface area (TPSA) is 51.8 Å². The number of thioether (sulfide) groups is 1. The molecule has 0 aliphatic carbocycles. The van der Waals surface area contributed by atoms with Crippen molar-refractivity contribution in [2.24, 2.45) is 5.73 Å². The van der Waals surface area contributed by atoms with Crippen LogP contribution in [0.2, 0.25) is 0 Å². The zero-order valence-corrected chi connectivity index (χ0v) is 9.03. The van der Waals surface area contributed by atoms with Gasteiger partial charge in [0.05, 0.1) is 0 Å². The van der Waals surface area contributed by atoms with E-state index in [1.807, 2.05) is 11.8 Å². The minimum atomic E-state index is 0.661. The Morgan fingerprint density at radius 1 is 1.46 bits per heavy atom. The quantitative estimate of drug-likeness (QED) is 0.824. The van der Waals surface area contributed by atoms with Crippen LogP contribution in [0.5, 0.6) is 0 Å². The summed E-state index contributed by atoms with van der Waals surface area (Å²) in [6.07, 6.45) is 2.14. The molecule has 0 spiro atoms. The number of hydrogen-bond donors (Lipinski definition) is 1. The summed E-state index contributed by atoms with van der Waals surface area (Å²) in [5, 5.41) is 10.7. The van der Waals surface area contributed by atoms with Crippen LogP contribution in [0.4, 0.5) is 0 Å². The van der Waals surface area contributed by atoms with E-state index in [-0.39, 0.29) is 0 Å². The van der Waals surface area contributed by atoms with Crippen molar-refractivity contribution in [3.8, 4) is 0 Å². The van der Waals surface area contributed by atoms with Crippen LogP contribution in [0.25, 0.3) is 0 Å². The zero-order chi connectivity index (χ0) is 9.10. The monoisotopic (exact) mass is 215 g/mol. The molecule has 1 aromatic rings. The fourth-order valence-electron chi connectivity index (χ4n) is 1.39. The third kappa shape index (κ3) is 2.21. The lowest BCUT2D eigenvalue weighted by Gasteiger charge is -1.99. The Balaban J connectivity index is 2.03. The molecule has 13 heavy (non-hydrogen) atoms. The van der Waals surface area contributed by atoms with E-state index in [1.165, 1.54) is 22.9 Å². The van der Waals surface area contributed by atoms with Crippen molar-refractivity contribution >= 4 is 23.1 Å². The summed E-state index contributed by atoms with van der Waals surface area (Å²) in [6, 6.07) is 0. The molecule has 1 atom stereocenters. The van der Waals surface area contributed by atoms with Crippen molar-refractivity contribution in [1.82, 2.24) is 10.2 Å². The van der Waals surface area contributed by atoms with Gasteiger partial charge in [0, 0.05) is 18.1 Å². The van der Waals surface area contributed by atoms with Crippen molar-refractivity contribution < 1.29 is 0 Å². The highest BCUT2D eigenvalue weighted by molar-refractivity contribution is 7.99. The van der Waals surface area contributed by atoms with E-state index in [4.69, 9.17) is 5.73 Å². The number of rotatable bonds is 3. The van der Waals surface area contributed by atoms with Gasteiger partial charge in [-0.25, -0.2) is 0 Å². The van der Waals surface area contributed by atoms with Gasteiger partial charge < -0.3 is 5.73 Å². The molecule has 3 nitrogen and oxygen atoms in total. The average molecular weight is 215 g/mol. The molecule has 0 aromatic carbocycles. The summed E-state index contributed by atoms with van der Waals surface area (Å²) in [6.45, 7) is 0.675. The fraction of sp³-hybridized carbons (Fsp3) is 0.750. The third-order valence-electron chi connectivity index (χ3n) is 2.12. The lowest BCUT2D eigenvalue weighted by atomic mass is 10.1. The van der Waals surface area contributed by atoms with E-state index < -0.39 is 0 Å². The van der Waals surface area contributed by atoms with Crippen LogP contribution >= 0.6 is 23.1 Å². The van der Waals surface area contributed by atoms with E-state index in [9.17, 15) is 0 Å². The molecule has 1 aromatic heterocycles. The first kappa shape index (κ1) is 9.43. The fourth-order valence-corrected chi connectivity index (χ4v) is 3.71. The Bertz CT molecular complexity index is 268. The molecule has 1 fully saturated rings. The summed E-state index contributed by atoms with van der Waals surface area (Å²) in [4.78, 5) is 0. The number of nitrogens with two attached hydrogens (primary N) is 1. The zero-order valence-electron chi connectivity index (χ0n) is 7.40. The summed E-state index contributed by atoms with van der Waals surface area (Å²) in [7, 11) is 0. The van der Waals surface area contributed by atoms with Gasteiger partial charge in [0.25, 0.3) is 0 Å².